The van der Waals surface area contributed by atoms with Crippen molar-refractivity contribution in [2.75, 3.05) is 18.8 Å². The Balaban J connectivity index is 3.83. The molecule has 1 atom stereocenters. The fourth-order valence-corrected chi connectivity index (χ4v) is 2.56. The fraction of sp³-hybridized carbons (Fsp3) is 0.909. The molecule has 4 heteroatoms. The lowest BCUT2D eigenvalue weighted by atomic mass is 10.2. The van der Waals surface area contributed by atoms with Gasteiger partial charge in [0.2, 0.25) is 0 Å². The Hall–Kier alpha value is -0.380. The minimum absolute atomic E-state index is 0.198. The first-order valence-electron chi connectivity index (χ1n) is 5.84. The van der Waals surface area contributed by atoms with Crippen molar-refractivity contribution in [3.63, 3.8) is 0 Å². The summed E-state index contributed by atoms with van der Waals surface area (Å²) in [5.74, 6) is 0.523. The largest absolute Gasteiger partial charge is 0.332 e. The summed E-state index contributed by atoms with van der Waals surface area (Å²) >= 11 is 0. The van der Waals surface area contributed by atoms with E-state index in [0.717, 1.165) is 25.7 Å². The van der Waals surface area contributed by atoms with Gasteiger partial charge in [0.25, 0.3) is 0 Å². The lowest BCUT2D eigenvalue weighted by Gasteiger charge is -2.17. The lowest BCUT2D eigenvalue weighted by molar-refractivity contribution is 0.227. The zero-order valence-electron chi connectivity index (χ0n) is 10.1. The molecule has 0 fully saturated rings. The highest BCUT2D eigenvalue weighted by molar-refractivity contribution is 8.00. The first-order chi connectivity index (χ1) is 7.17. The fourth-order valence-electron chi connectivity index (χ4n) is 1.37. The standard InChI is InChI=1S/C11H23NO2S/c1-4-7-8-9-10-15(14)11(13)12(5-2)6-3/h4-10H2,1-3H3. The lowest BCUT2D eigenvalue weighted by Crippen LogP contribution is -2.33. The van der Waals surface area contributed by atoms with E-state index in [1.54, 1.807) is 4.90 Å². The number of unbranched alkanes of at least 4 members (excludes halogenated alkanes) is 3. The van der Waals surface area contributed by atoms with E-state index in [0.29, 0.717) is 18.8 Å². The van der Waals surface area contributed by atoms with Crippen LogP contribution in [0.2, 0.25) is 0 Å². The van der Waals surface area contributed by atoms with E-state index in [4.69, 9.17) is 0 Å². The van der Waals surface area contributed by atoms with Gasteiger partial charge in [-0.15, -0.1) is 0 Å². The SMILES string of the molecule is CCCCCCS(=O)C(=O)N(CC)CC. The molecular formula is C11H23NO2S. The molecule has 0 aromatic rings. The molecule has 15 heavy (non-hydrogen) atoms. The highest BCUT2D eigenvalue weighted by atomic mass is 32.2. The van der Waals surface area contributed by atoms with E-state index in [1.165, 1.54) is 0 Å². The molecule has 1 unspecified atom stereocenters. The van der Waals surface area contributed by atoms with Gasteiger partial charge in [0.15, 0.2) is 0 Å². The zero-order valence-corrected chi connectivity index (χ0v) is 10.9. The van der Waals surface area contributed by atoms with Gasteiger partial charge in [0.1, 0.15) is 10.8 Å². The molecule has 0 aromatic heterocycles. The molecule has 0 saturated carbocycles. The van der Waals surface area contributed by atoms with Gasteiger partial charge in [-0.3, -0.25) is 4.79 Å². The molecule has 90 valence electrons. The number of nitrogens with zero attached hydrogens (tertiary/aromatic N) is 1. The Labute approximate surface area is 95.7 Å². The molecule has 0 aliphatic rings. The predicted molar refractivity (Wildman–Crippen MR) is 65.5 cm³/mol. The zero-order chi connectivity index (χ0) is 11.7. The third-order valence-electron chi connectivity index (χ3n) is 2.40. The molecule has 0 aliphatic carbocycles. The second-order valence-corrected chi connectivity index (χ2v) is 5.00. The molecule has 0 radical (unpaired) electrons. The molecule has 0 heterocycles. The van der Waals surface area contributed by atoms with Crippen LogP contribution in [0.5, 0.6) is 0 Å². The third-order valence-corrected chi connectivity index (χ3v) is 3.71. The van der Waals surface area contributed by atoms with Gasteiger partial charge in [-0.05, 0) is 20.3 Å². The van der Waals surface area contributed by atoms with Crippen LogP contribution in [0, 0.1) is 0 Å². The van der Waals surface area contributed by atoms with E-state index in [9.17, 15) is 9.00 Å². The highest BCUT2D eigenvalue weighted by Gasteiger charge is 2.16. The summed E-state index contributed by atoms with van der Waals surface area (Å²) in [6.07, 6.45) is 4.30. The molecule has 0 spiro atoms. The average Bonchev–Trinajstić information content (AvgIpc) is 2.25. The second-order valence-electron chi connectivity index (χ2n) is 3.55. The number of hydrogen-bond donors (Lipinski definition) is 0. The summed E-state index contributed by atoms with van der Waals surface area (Å²) in [5.41, 5.74) is 0. The van der Waals surface area contributed by atoms with Crippen molar-refractivity contribution in [1.82, 2.24) is 4.90 Å². The normalized spacial score (nSPS) is 12.5. The summed E-state index contributed by atoms with van der Waals surface area (Å²) in [4.78, 5) is 13.2. The van der Waals surface area contributed by atoms with Crippen molar-refractivity contribution < 1.29 is 9.00 Å². The molecule has 0 bridgehead atoms. The number of rotatable bonds is 7. The molecule has 0 aromatic carbocycles. The van der Waals surface area contributed by atoms with Crippen LogP contribution in [0.1, 0.15) is 46.5 Å². The van der Waals surface area contributed by atoms with Gasteiger partial charge in [-0.1, -0.05) is 26.2 Å². The average molecular weight is 233 g/mol. The topological polar surface area (TPSA) is 37.4 Å². The number of carbonyl (C=O) groups excluding carboxylic acids is 1. The van der Waals surface area contributed by atoms with E-state index in [-0.39, 0.29) is 5.24 Å². The molecule has 0 aliphatic heterocycles. The minimum Gasteiger partial charge on any atom is -0.332 e. The van der Waals surface area contributed by atoms with E-state index >= 15 is 0 Å². The maximum atomic E-state index is 11.6. The number of carbonyl (C=O) groups is 1. The molecule has 0 saturated heterocycles. The molecule has 0 N–H and O–H groups in total. The van der Waals surface area contributed by atoms with Crippen molar-refractivity contribution in [3.8, 4) is 0 Å². The number of amides is 1. The Morgan fingerprint density at radius 2 is 1.67 bits per heavy atom. The molecular weight excluding hydrogens is 210 g/mol. The van der Waals surface area contributed by atoms with Crippen molar-refractivity contribution in [2.24, 2.45) is 0 Å². The first-order valence-corrected chi connectivity index (χ1v) is 7.16. The van der Waals surface area contributed by atoms with Gasteiger partial charge in [-0.25, -0.2) is 4.21 Å². The maximum absolute atomic E-state index is 11.6. The summed E-state index contributed by atoms with van der Waals surface area (Å²) < 4.78 is 11.6. The Morgan fingerprint density at radius 3 is 2.13 bits per heavy atom. The smallest absolute Gasteiger partial charge is 0.311 e. The molecule has 3 nitrogen and oxygen atoms in total. The Kier molecular flexibility index (Phi) is 8.67. The van der Waals surface area contributed by atoms with Crippen molar-refractivity contribution >= 4 is 16.0 Å². The number of hydrogen-bond acceptors (Lipinski definition) is 2. The maximum Gasteiger partial charge on any atom is 0.311 e. The van der Waals surface area contributed by atoms with E-state index in [1.807, 2.05) is 13.8 Å². The van der Waals surface area contributed by atoms with Gasteiger partial charge in [-0.2, -0.15) is 0 Å². The van der Waals surface area contributed by atoms with Crippen LogP contribution in [-0.4, -0.2) is 33.2 Å². The van der Waals surface area contributed by atoms with Gasteiger partial charge in [0.05, 0.1) is 0 Å². The molecule has 0 rings (SSSR count). The van der Waals surface area contributed by atoms with Gasteiger partial charge in [0, 0.05) is 18.8 Å². The van der Waals surface area contributed by atoms with E-state index in [2.05, 4.69) is 6.92 Å². The van der Waals surface area contributed by atoms with Crippen LogP contribution in [-0.2, 0) is 10.8 Å². The van der Waals surface area contributed by atoms with Gasteiger partial charge >= 0.3 is 5.24 Å². The summed E-state index contributed by atoms with van der Waals surface area (Å²) in [6, 6.07) is 0. The van der Waals surface area contributed by atoms with Crippen LogP contribution >= 0.6 is 0 Å². The van der Waals surface area contributed by atoms with Crippen molar-refractivity contribution in [2.45, 2.75) is 46.5 Å². The monoisotopic (exact) mass is 233 g/mol. The summed E-state index contributed by atoms with van der Waals surface area (Å²) in [6.45, 7) is 7.26. The second kappa shape index (κ2) is 8.89. The van der Waals surface area contributed by atoms with Crippen LogP contribution < -0.4 is 0 Å². The Bertz CT molecular complexity index is 203. The van der Waals surface area contributed by atoms with Crippen LogP contribution in [0.25, 0.3) is 0 Å². The van der Waals surface area contributed by atoms with Crippen LogP contribution in [0.15, 0.2) is 0 Å². The van der Waals surface area contributed by atoms with Crippen molar-refractivity contribution in [1.29, 1.82) is 0 Å². The summed E-state index contributed by atoms with van der Waals surface area (Å²) in [5, 5.41) is -0.198. The van der Waals surface area contributed by atoms with Crippen LogP contribution in [0.3, 0.4) is 0 Å². The first kappa shape index (κ1) is 14.6. The minimum atomic E-state index is -1.31. The van der Waals surface area contributed by atoms with E-state index < -0.39 is 10.8 Å². The van der Waals surface area contributed by atoms with Crippen molar-refractivity contribution in [3.05, 3.63) is 0 Å². The Morgan fingerprint density at radius 1 is 1.07 bits per heavy atom. The van der Waals surface area contributed by atoms with Crippen LogP contribution in [0.4, 0.5) is 4.79 Å². The molecule has 1 amide bonds. The predicted octanol–water partition coefficient (Wildman–Crippen LogP) is 2.78. The quantitative estimate of drug-likeness (QED) is 0.634. The van der Waals surface area contributed by atoms with Gasteiger partial charge < -0.3 is 4.90 Å². The third kappa shape index (κ3) is 5.92. The summed E-state index contributed by atoms with van der Waals surface area (Å²) in [7, 11) is -1.31. The highest BCUT2D eigenvalue weighted by Crippen LogP contribution is 2.03.